The van der Waals surface area contributed by atoms with Crippen molar-refractivity contribution in [3.63, 3.8) is 0 Å². The Labute approximate surface area is 78.3 Å². The Morgan fingerprint density at radius 3 is 2.43 bits per heavy atom. The molecule has 0 radical (unpaired) electrons. The zero-order valence-electron chi connectivity index (χ0n) is 7.04. The summed E-state index contributed by atoms with van der Waals surface area (Å²) >= 11 is 0. The van der Waals surface area contributed by atoms with E-state index in [2.05, 4.69) is 0 Å². The SMILES string of the molecule is NNC1([N+](=O)[O-])C=CC([N+](=O)[O-])=CC1. The van der Waals surface area contributed by atoms with Gasteiger partial charge in [0.15, 0.2) is 0 Å². The van der Waals surface area contributed by atoms with Crippen molar-refractivity contribution in [2.45, 2.75) is 12.1 Å². The Kier molecular flexibility index (Phi) is 2.58. The van der Waals surface area contributed by atoms with Crippen LogP contribution in [0.15, 0.2) is 23.9 Å². The van der Waals surface area contributed by atoms with Crippen LogP contribution in [0.4, 0.5) is 0 Å². The first-order chi connectivity index (χ1) is 6.52. The number of nitrogens with one attached hydrogen (secondary N) is 1. The molecule has 1 aliphatic carbocycles. The first-order valence-electron chi connectivity index (χ1n) is 3.68. The highest BCUT2D eigenvalue weighted by atomic mass is 16.6. The molecular formula is C6H8N4O4. The summed E-state index contributed by atoms with van der Waals surface area (Å²) < 4.78 is 0. The van der Waals surface area contributed by atoms with Gasteiger partial charge in [0.1, 0.15) is 0 Å². The molecule has 1 rings (SSSR count). The van der Waals surface area contributed by atoms with Gasteiger partial charge in [-0.3, -0.25) is 26.1 Å². The third-order valence-corrected chi connectivity index (χ3v) is 1.94. The van der Waals surface area contributed by atoms with Crippen LogP contribution in [0.1, 0.15) is 6.42 Å². The van der Waals surface area contributed by atoms with E-state index in [-0.39, 0.29) is 12.1 Å². The van der Waals surface area contributed by atoms with Gasteiger partial charge in [0, 0.05) is 23.2 Å². The smallest absolute Gasteiger partial charge is 0.265 e. The molecule has 0 aromatic heterocycles. The number of nitrogens with two attached hydrogens (primary N) is 1. The normalized spacial score (nSPS) is 25.6. The molecule has 1 atom stereocenters. The lowest BCUT2D eigenvalue weighted by Crippen LogP contribution is -2.54. The summed E-state index contributed by atoms with van der Waals surface area (Å²) in [6, 6.07) is 0. The Morgan fingerprint density at radius 1 is 1.50 bits per heavy atom. The molecule has 3 N–H and O–H groups in total. The van der Waals surface area contributed by atoms with Gasteiger partial charge in [0.2, 0.25) is 0 Å². The quantitative estimate of drug-likeness (QED) is 0.275. The highest BCUT2D eigenvalue weighted by Gasteiger charge is 2.41. The molecule has 76 valence electrons. The number of nitrogens with zero attached hydrogens (tertiary/aromatic N) is 2. The van der Waals surface area contributed by atoms with Crippen LogP contribution in [0.5, 0.6) is 0 Å². The summed E-state index contributed by atoms with van der Waals surface area (Å²) in [6.07, 6.45) is 3.14. The highest BCUT2D eigenvalue weighted by Crippen LogP contribution is 2.20. The van der Waals surface area contributed by atoms with Gasteiger partial charge >= 0.3 is 5.66 Å². The van der Waals surface area contributed by atoms with Gasteiger partial charge in [-0.25, -0.2) is 0 Å². The minimum Gasteiger partial charge on any atom is -0.265 e. The minimum atomic E-state index is -1.63. The van der Waals surface area contributed by atoms with Crippen molar-refractivity contribution >= 4 is 0 Å². The maximum absolute atomic E-state index is 10.6. The van der Waals surface area contributed by atoms with E-state index < -0.39 is 15.5 Å². The van der Waals surface area contributed by atoms with E-state index in [0.717, 1.165) is 18.2 Å². The Morgan fingerprint density at radius 2 is 2.14 bits per heavy atom. The van der Waals surface area contributed by atoms with Crippen molar-refractivity contribution in [3.05, 3.63) is 44.2 Å². The molecule has 0 aromatic rings. The van der Waals surface area contributed by atoms with Crippen LogP contribution in [-0.2, 0) is 0 Å². The fourth-order valence-electron chi connectivity index (χ4n) is 1.05. The molecule has 8 nitrogen and oxygen atoms in total. The summed E-state index contributed by atoms with van der Waals surface area (Å²) in [5.74, 6) is 5.02. The third kappa shape index (κ3) is 1.60. The molecule has 0 saturated carbocycles. The zero-order chi connectivity index (χ0) is 10.8. The zero-order valence-corrected chi connectivity index (χ0v) is 7.04. The van der Waals surface area contributed by atoms with E-state index in [1.54, 1.807) is 0 Å². The van der Waals surface area contributed by atoms with Crippen LogP contribution in [-0.4, -0.2) is 15.5 Å². The second kappa shape index (κ2) is 3.52. The van der Waals surface area contributed by atoms with Gasteiger partial charge < -0.3 is 0 Å². The molecule has 0 saturated heterocycles. The molecule has 1 aliphatic rings. The Balaban J connectivity index is 2.90. The van der Waals surface area contributed by atoms with E-state index in [9.17, 15) is 20.2 Å². The average Bonchev–Trinajstić information content (AvgIpc) is 2.17. The van der Waals surface area contributed by atoms with Crippen molar-refractivity contribution in [1.29, 1.82) is 0 Å². The maximum atomic E-state index is 10.6. The molecule has 0 heterocycles. The van der Waals surface area contributed by atoms with Gasteiger partial charge in [0.05, 0.1) is 11.3 Å². The first-order valence-corrected chi connectivity index (χ1v) is 3.68. The largest absolute Gasteiger partial charge is 0.309 e. The fraction of sp³-hybridized carbons (Fsp3) is 0.333. The van der Waals surface area contributed by atoms with Crippen molar-refractivity contribution < 1.29 is 9.85 Å². The maximum Gasteiger partial charge on any atom is 0.309 e. The lowest BCUT2D eigenvalue weighted by molar-refractivity contribution is -0.563. The predicted molar refractivity (Wildman–Crippen MR) is 45.9 cm³/mol. The summed E-state index contributed by atoms with van der Waals surface area (Å²) in [6.45, 7) is 0. The van der Waals surface area contributed by atoms with E-state index in [1.165, 1.54) is 0 Å². The molecule has 8 heteroatoms. The number of hydrazine groups is 1. The van der Waals surface area contributed by atoms with Crippen LogP contribution in [0, 0.1) is 20.2 Å². The van der Waals surface area contributed by atoms with E-state index in [0.29, 0.717) is 0 Å². The van der Waals surface area contributed by atoms with Gasteiger partial charge in [-0.05, 0) is 0 Å². The summed E-state index contributed by atoms with van der Waals surface area (Å²) in [5.41, 5.74) is 0.229. The number of nitro groups is 2. The molecule has 0 fully saturated rings. The van der Waals surface area contributed by atoms with Crippen LogP contribution in [0.3, 0.4) is 0 Å². The Bertz CT molecular complexity index is 337. The topological polar surface area (TPSA) is 124 Å². The number of rotatable bonds is 3. The second-order valence-corrected chi connectivity index (χ2v) is 2.75. The highest BCUT2D eigenvalue weighted by molar-refractivity contribution is 5.21. The molecule has 0 bridgehead atoms. The standard InChI is InChI=1S/C6H8N4O4/c7-8-6(10(13)14)3-1-5(2-4-6)9(11)12/h1-3,8H,4,7H2. The predicted octanol–water partition coefficient (Wildman–Crippen LogP) is -0.457. The van der Waals surface area contributed by atoms with E-state index in [4.69, 9.17) is 5.84 Å². The van der Waals surface area contributed by atoms with Crippen molar-refractivity contribution in [2.24, 2.45) is 5.84 Å². The van der Waals surface area contributed by atoms with Crippen LogP contribution >= 0.6 is 0 Å². The summed E-state index contributed by atoms with van der Waals surface area (Å²) in [4.78, 5) is 19.6. The first kappa shape index (κ1) is 10.3. The van der Waals surface area contributed by atoms with Crippen LogP contribution in [0.25, 0.3) is 0 Å². The molecule has 0 aliphatic heterocycles. The average molecular weight is 200 g/mol. The lowest BCUT2D eigenvalue weighted by atomic mass is 10.0. The molecule has 0 aromatic carbocycles. The second-order valence-electron chi connectivity index (χ2n) is 2.75. The molecule has 0 amide bonds. The minimum absolute atomic E-state index is 0.149. The Hall–Kier alpha value is -1.80. The monoisotopic (exact) mass is 200 g/mol. The van der Waals surface area contributed by atoms with Crippen molar-refractivity contribution in [2.75, 3.05) is 0 Å². The number of hydrogen-bond acceptors (Lipinski definition) is 6. The third-order valence-electron chi connectivity index (χ3n) is 1.94. The lowest BCUT2D eigenvalue weighted by Gasteiger charge is -2.20. The summed E-state index contributed by atoms with van der Waals surface area (Å²) in [5, 5.41) is 20.9. The number of allylic oxidation sites excluding steroid dienone is 1. The van der Waals surface area contributed by atoms with Crippen LogP contribution < -0.4 is 11.3 Å². The molecule has 0 spiro atoms. The van der Waals surface area contributed by atoms with E-state index in [1.807, 2.05) is 5.43 Å². The van der Waals surface area contributed by atoms with Crippen LogP contribution in [0.2, 0.25) is 0 Å². The van der Waals surface area contributed by atoms with Gasteiger partial charge in [0.25, 0.3) is 5.70 Å². The summed E-state index contributed by atoms with van der Waals surface area (Å²) in [7, 11) is 0. The van der Waals surface area contributed by atoms with Crippen molar-refractivity contribution in [3.8, 4) is 0 Å². The molecule has 14 heavy (non-hydrogen) atoms. The number of hydrogen-bond donors (Lipinski definition) is 2. The molecular weight excluding hydrogens is 192 g/mol. The molecule has 1 unspecified atom stereocenters. The van der Waals surface area contributed by atoms with Gasteiger partial charge in [-0.2, -0.15) is 5.43 Å². The van der Waals surface area contributed by atoms with Crippen molar-refractivity contribution in [1.82, 2.24) is 5.43 Å². The van der Waals surface area contributed by atoms with Gasteiger partial charge in [-0.1, -0.05) is 0 Å². The fourth-order valence-corrected chi connectivity index (χ4v) is 1.05. The van der Waals surface area contributed by atoms with E-state index >= 15 is 0 Å². The van der Waals surface area contributed by atoms with Gasteiger partial charge in [-0.15, -0.1) is 0 Å².